The number of amides is 1. The van der Waals surface area contributed by atoms with Gasteiger partial charge in [0.05, 0.1) is 6.21 Å². The molecule has 0 bridgehead atoms. The lowest BCUT2D eigenvalue weighted by molar-refractivity contribution is -0.127. The fourth-order valence-electron chi connectivity index (χ4n) is 2.35. The normalized spacial score (nSPS) is 12.2. The third kappa shape index (κ3) is 4.67. The van der Waals surface area contributed by atoms with Crippen molar-refractivity contribution in [2.24, 2.45) is 5.10 Å². The fraction of sp³-hybridized carbons (Fsp3) is 0.100. The Bertz CT molecular complexity index is 924. The van der Waals surface area contributed by atoms with Crippen LogP contribution in [0.3, 0.4) is 0 Å². The zero-order valence-corrected chi connectivity index (χ0v) is 15.2. The quantitative estimate of drug-likeness (QED) is 0.509. The van der Waals surface area contributed by atoms with Crippen molar-refractivity contribution >= 4 is 38.8 Å². The molecule has 1 amide bonds. The van der Waals surface area contributed by atoms with E-state index in [4.69, 9.17) is 4.74 Å². The second kappa shape index (κ2) is 7.94. The fourth-order valence-corrected chi connectivity index (χ4v) is 2.76. The molecule has 0 saturated carbocycles. The van der Waals surface area contributed by atoms with Gasteiger partial charge in [-0.1, -0.05) is 58.4 Å². The van der Waals surface area contributed by atoms with Gasteiger partial charge in [-0.25, -0.2) is 5.43 Å². The maximum absolute atomic E-state index is 12.1. The maximum Gasteiger partial charge on any atom is 0.280 e. The van der Waals surface area contributed by atoms with Crippen LogP contribution in [0.25, 0.3) is 10.8 Å². The molecule has 0 aromatic heterocycles. The van der Waals surface area contributed by atoms with Crippen molar-refractivity contribution < 1.29 is 9.53 Å². The predicted octanol–water partition coefficient (Wildman–Crippen LogP) is 4.52. The van der Waals surface area contributed by atoms with Crippen molar-refractivity contribution in [3.63, 3.8) is 0 Å². The largest absolute Gasteiger partial charge is 0.481 e. The van der Waals surface area contributed by atoms with E-state index in [1.54, 1.807) is 13.1 Å². The Hall–Kier alpha value is -2.66. The molecule has 0 radical (unpaired) electrons. The highest BCUT2D eigenvalue weighted by atomic mass is 79.9. The van der Waals surface area contributed by atoms with Crippen LogP contribution < -0.4 is 10.2 Å². The van der Waals surface area contributed by atoms with E-state index < -0.39 is 6.10 Å². The first-order chi connectivity index (χ1) is 12.1. The van der Waals surface area contributed by atoms with Crippen molar-refractivity contribution in [1.29, 1.82) is 0 Å². The van der Waals surface area contributed by atoms with E-state index in [2.05, 4.69) is 26.5 Å². The lowest BCUT2D eigenvalue weighted by Crippen LogP contribution is -2.33. The highest BCUT2D eigenvalue weighted by Gasteiger charge is 2.14. The second-order valence-corrected chi connectivity index (χ2v) is 6.47. The molecule has 3 aromatic rings. The average molecular weight is 397 g/mol. The van der Waals surface area contributed by atoms with Gasteiger partial charge in [0.2, 0.25) is 0 Å². The Morgan fingerprint density at radius 1 is 1.08 bits per heavy atom. The minimum absolute atomic E-state index is 0.306. The third-order valence-electron chi connectivity index (χ3n) is 3.64. The molecule has 1 N–H and O–H groups in total. The van der Waals surface area contributed by atoms with Gasteiger partial charge in [-0.3, -0.25) is 4.79 Å². The van der Waals surface area contributed by atoms with Crippen molar-refractivity contribution in [3.8, 4) is 5.75 Å². The second-order valence-electron chi connectivity index (χ2n) is 5.56. The molecular weight excluding hydrogens is 380 g/mol. The summed E-state index contributed by atoms with van der Waals surface area (Å²) in [6.45, 7) is 1.69. The summed E-state index contributed by atoms with van der Waals surface area (Å²) in [7, 11) is 0. The van der Waals surface area contributed by atoms with E-state index in [1.807, 2.05) is 66.7 Å². The third-order valence-corrected chi connectivity index (χ3v) is 4.13. The van der Waals surface area contributed by atoms with Crippen LogP contribution in [0.2, 0.25) is 0 Å². The van der Waals surface area contributed by atoms with E-state index in [0.29, 0.717) is 5.75 Å². The summed E-state index contributed by atoms with van der Waals surface area (Å²) in [6, 6.07) is 21.4. The molecule has 0 unspecified atom stereocenters. The van der Waals surface area contributed by atoms with E-state index in [1.165, 1.54) is 0 Å². The van der Waals surface area contributed by atoms with Crippen molar-refractivity contribution in [2.75, 3.05) is 0 Å². The lowest BCUT2D eigenvalue weighted by Gasteiger charge is -2.13. The molecule has 0 saturated heterocycles. The Labute approximate surface area is 154 Å². The Morgan fingerprint density at radius 3 is 2.68 bits per heavy atom. The molecule has 0 aliphatic rings. The monoisotopic (exact) mass is 396 g/mol. The minimum atomic E-state index is -0.652. The molecule has 25 heavy (non-hydrogen) atoms. The first-order valence-corrected chi connectivity index (χ1v) is 8.65. The molecule has 0 fully saturated rings. The van der Waals surface area contributed by atoms with Gasteiger partial charge < -0.3 is 4.74 Å². The molecule has 0 aliphatic heterocycles. The van der Waals surface area contributed by atoms with Gasteiger partial charge in [-0.2, -0.15) is 5.10 Å². The number of carbonyl (C=O) groups is 1. The summed E-state index contributed by atoms with van der Waals surface area (Å²) in [5, 5.41) is 6.17. The van der Waals surface area contributed by atoms with E-state index >= 15 is 0 Å². The number of nitrogens with zero attached hydrogens (tertiary/aromatic N) is 1. The number of fused-ring (bicyclic) bond motifs is 1. The number of nitrogens with one attached hydrogen (secondary N) is 1. The zero-order chi connectivity index (χ0) is 17.6. The van der Waals surface area contributed by atoms with Gasteiger partial charge in [0.15, 0.2) is 6.10 Å². The molecule has 5 heteroatoms. The Balaban J connectivity index is 1.59. The average Bonchev–Trinajstić information content (AvgIpc) is 2.61. The summed E-state index contributed by atoms with van der Waals surface area (Å²) in [6.07, 6.45) is 0.937. The summed E-state index contributed by atoms with van der Waals surface area (Å²) in [5.41, 5.74) is 3.38. The van der Waals surface area contributed by atoms with Gasteiger partial charge in [-0.15, -0.1) is 0 Å². The van der Waals surface area contributed by atoms with Gasteiger partial charge in [-0.05, 0) is 47.5 Å². The summed E-state index contributed by atoms with van der Waals surface area (Å²) in [5.74, 6) is 0.344. The van der Waals surface area contributed by atoms with Gasteiger partial charge in [0.1, 0.15) is 5.75 Å². The van der Waals surface area contributed by atoms with E-state index in [0.717, 1.165) is 20.8 Å². The Morgan fingerprint density at radius 2 is 1.88 bits per heavy atom. The number of rotatable bonds is 5. The van der Waals surface area contributed by atoms with Gasteiger partial charge >= 0.3 is 0 Å². The maximum atomic E-state index is 12.1. The highest BCUT2D eigenvalue weighted by molar-refractivity contribution is 9.10. The molecule has 3 aromatic carbocycles. The number of hydrogen-bond acceptors (Lipinski definition) is 3. The van der Waals surface area contributed by atoms with Crippen LogP contribution >= 0.6 is 15.9 Å². The lowest BCUT2D eigenvalue weighted by atomic mass is 10.1. The van der Waals surface area contributed by atoms with Crippen LogP contribution in [0.15, 0.2) is 76.3 Å². The standard InChI is InChI=1S/C20H17BrN2O2/c1-14(20(24)23-22-13-15-5-4-8-18(21)11-15)25-19-10-9-16-6-2-3-7-17(16)12-19/h2-14H,1H3,(H,23,24)/b22-13-/t14-/m1/s1. The van der Waals surface area contributed by atoms with E-state index in [-0.39, 0.29) is 5.91 Å². The van der Waals surface area contributed by atoms with Crippen LogP contribution in [0.4, 0.5) is 0 Å². The number of halogens is 1. The SMILES string of the molecule is C[C@@H](Oc1ccc2ccccc2c1)C(=O)N/N=C\c1cccc(Br)c1. The number of hydrazone groups is 1. The molecular formula is C20H17BrN2O2. The smallest absolute Gasteiger partial charge is 0.280 e. The summed E-state index contributed by atoms with van der Waals surface area (Å²) < 4.78 is 6.67. The van der Waals surface area contributed by atoms with E-state index in [9.17, 15) is 4.79 Å². The number of benzene rings is 3. The van der Waals surface area contributed by atoms with Gasteiger partial charge in [0.25, 0.3) is 5.91 Å². The zero-order valence-electron chi connectivity index (χ0n) is 13.6. The summed E-state index contributed by atoms with van der Waals surface area (Å²) >= 11 is 3.39. The Kier molecular flexibility index (Phi) is 5.46. The summed E-state index contributed by atoms with van der Waals surface area (Å²) in [4.78, 5) is 12.1. The topological polar surface area (TPSA) is 50.7 Å². The number of carbonyl (C=O) groups excluding carboxylic acids is 1. The molecule has 4 nitrogen and oxygen atoms in total. The molecule has 0 aliphatic carbocycles. The highest BCUT2D eigenvalue weighted by Crippen LogP contribution is 2.21. The predicted molar refractivity (Wildman–Crippen MR) is 104 cm³/mol. The number of ether oxygens (including phenoxy) is 1. The molecule has 0 spiro atoms. The van der Waals surface area contributed by atoms with Crippen LogP contribution in [-0.4, -0.2) is 18.2 Å². The first-order valence-electron chi connectivity index (χ1n) is 7.86. The van der Waals surface area contributed by atoms with Crippen LogP contribution in [0.5, 0.6) is 5.75 Å². The molecule has 3 rings (SSSR count). The molecule has 0 heterocycles. The first kappa shape index (κ1) is 17.2. The number of hydrogen-bond donors (Lipinski definition) is 1. The molecule has 1 atom stereocenters. The van der Waals surface area contributed by atoms with Crippen LogP contribution in [-0.2, 0) is 4.79 Å². The van der Waals surface area contributed by atoms with Crippen molar-refractivity contribution in [2.45, 2.75) is 13.0 Å². The van der Waals surface area contributed by atoms with Crippen LogP contribution in [0, 0.1) is 0 Å². The van der Waals surface area contributed by atoms with Crippen molar-refractivity contribution in [3.05, 3.63) is 76.8 Å². The van der Waals surface area contributed by atoms with Crippen molar-refractivity contribution in [1.82, 2.24) is 5.43 Å². The molecule has 126 valence electrons. The van der Waals surface area contributed by atoms with Crippen LogP contribution in [0.1, 0.15) is 12.5 Å². The minimum Gasteiger partial charge on any atom is -0.481 e. The van der Waals surface area contributed by atoms with Gasteiger partial charge in [0, 0.05) is 4.47 Å².